The van der Waals surface area contributed by atoms with Crippen LogP contribution >= 0.6 is 11.3 Å². The lowest BCUT2D eigenvalue weighted by molar-refractivity contribution is 0.103. The van der Waals surface area contributed by atoms with Gasteiger partial charge < -0.3 is 5.32 Å². The zero-order valence-electron chi connectivity index (χ0n) is 14.3. The van der Waals surface area contributed by atoms with E-state index < -0.39 is 0 Å². The molecule has 4 rings (SSSR count). The van der Waals surface area contributed by atoms with E-state index in [1.807, 2.05) is 20.8 Å². The predicted molar refractivity (Wildman–Crippen MR) is 98.0 cm³/mol. The Balaban J connectivity index is 1.73. The van der Waals surface area contributed by atoms with Gasteiger partial charge in [-0.05, 0) is 56.9 Å². The van der Waals surface area contributed by atoms with Crippen LogP contribution in [0.15, 0.2) is 18.2 Å². The molecule has 6 heteroatoms. The minimum absolute atomic E-state index is 0.235. The number of benzene rings is 1. The van der Waals surface area contributed by atoms with Crippen molar-refractivity contribution in [2.24, 2.45) is 0 Å². The zero-order valence-corrected chi connectivity index (χ0v) is 15.1. The lowest BCUT2D eigenvalue weighted by atomic mass is 10.1. The average Bonchev–Trinajstić information content (AvgIpc) is 3.35. The lowest BCUT2D eigenvalue weighted by Gasteiger charge is -2.08. The maximum atomic E-state index is 13.5. The molecule has 0 spiro atoms. The highest BCUT2D eigenvalue weighted by Crippen LogP contribution is 2.40. The predicted octanol–water partition coefficient (Wildman–Crippen LogP) is 4.89. The number of carbonyl (C=O) groups is 1. The van der Waals surface area contributed by atoms with Crippen LogP contribution in [0.1, 0.15) is 51.1 Å². The Morgan fingerprint density at radius 1 is 1.24 bits per heavy atom. The van der Waals surface area contributed by atoms with Gasteiger partial charge in [-0.15, -0.1) is 11.3 Å². The van der Waals surface area contributed by atoms with Gasteiger partial charge in [-0.1, -0.05) is 6.07 Å². The third-order valence-corrected chi connectivity index (χ3v) is 5.77. The number of aromatic nitrogens is 2. The molecular formula is C19H18FN3OS. The molecule has 128 valence electrons. The molecule has 1 amide bonds. The van der Waals surface area contributed by atoms with Gasteiger partial charge in [0, 0.05) is 17.0 Å². The summed E-state index contributed by atoms with van der Waals surface area (Å²) in [6.07, 6.45) is 2.28. The van der Waals surface area contributed by atoms with Crippen molar-refractivity contribution in [3.05, 3.63) is 51.5 Å². The van der Waals surface area contributed by atoms with Gasteiger partial charge >= 0.3 is 0 Å². The standard InChI is InChI=1S/C19H18FN3OS/c1-9-4-7-13(20)8-14(9)22-18(24)16-10(2)15-11(3)21-17(12-5-6-12)23-19(15)25-16/h4,7-8,12H,5-6H2,1-3H3,(H,22,24). The van der Waals surface area contributed by atoms with Crippen LogP contribution < -0.4 is 5.32 Å². The van der Waals surface area contributed by atoms with Crippen molar-refractivity contribution >= 4 is 33.1 Å². The Labute approximate surface area is 149 Å². The van der Waals surface area contributed by atoms with E-state index in [2.05, 4.69) is 15.3 Å². The number of aryl methyl sites for hydroxylation is 3. The Morgan fingerprint density at radius 2 is 2.00 bits per heavy atom. The van der Waals surface area contributed by atoms with E-state index in [1.54, 1.807) is 6.07 Å². The van der Waals surface area contributed by atoms with Gasteiger partial charge in [0.05, 0.1) is 10.6 Å². The second-order valence-corrected chi connectivity index (χ2v) is 7.59. The van der Waals surface area contributed by atoms with Crippen LogP contribution in [0, 0.1) is 26.6 Å². The summed E-state index contributed by atoms with van der Waals surface area (Å²) < 4.78 is 13.5. The van der Waals surface area contributed by atoms with E-state index >= 15 is 0 Å². The number of thiophene rings is 1. The first-order valence-electron chi connectivity index (χ1n) is 8.29. The van der Waals surface area contributed by atoms with Crippen molar-refractivity contribution in [3.63, 3.8) is 0 Å². The van der Waals surface area contributed by atoms with E-state index in [9.17, 15) is 9.18 Å². The highest BCUT2D eigenvalue weighted by molar-refractivity contribution is 7.20. The molecule has 0 radical (unpaired) electrons. The van der Waals surface area contributed by atoms with Crippen LogP contribution in [-0.4, -0.2) is 15.9 Å². The Morgan fingerprint density at radius 3 is 2.72 bits per heavy atom. The van der Waals surface area contributed by atoms with Gasteiger partial charge in [-0.2, -0.15) is 0 Å². The van der Waals surface area contributed by atoms with E-state index in [1.165, 1.54) is 23.5 Å². The quantitative estimate of drug-likeness (QED) is 0.728. The number of hydrogen-bond acceptors (Lipinski definition) is 4. The van der Waals surface area contributed by atoms with Crippen molar-refractivity contribution in [2.45, 2.75) is 39.5 Å². The smallest absolute Gasteiger partial charge is 0.266 e. The Kier molecular flexibility index (Phi) is 3.80. The summed E-state index contributed by atoms with van der Waals surface area (Å²) in [5.41, 5.74) is 3.11. The minimum Gasteiger partial charge on any atom is -0.321 e. The molecular weight excluding hydrogens is 337 g/mol. The normalized spacial score (nSPS) is 14.1. The molecule has 2 aromatic heterocycles. The summed E-state index contributed by atoms with van der Waals surface area (Å²) in [6.45, 7) is 5.72. The van der Waals surface area contributed by atoms with E-state index in [0.29, 0.717) is 16.5 Å². The van der Waals surface area contributed by atoms with Crippen molar-refractivity contribution < 1.29 is 9.18 Å². The molecule has 1 aliphatic carbocycles. The number of nitrogens with zero attached hydrogens (tertiary/aromatic N) is 2. The fourth-order valence-corrected chi connectivity index (χ4v) is 4.14. The number of fused-ring (bicyclic) bond motifs is 1. The molecule has 3 aromatic rings. The van der Waals surface area contributed by atoms with Crippen LogP contribution in [0.25, 0.3) is 10.2 Å². The second kappa shape index (κ2) is 5.88. The fourth-order valence-electron chi connectivity index (χ4n) is 3.01. The molecule has 0 aliphatic heterocycles. The molecule has 1 aliphatic rings. The van der Waals surface area contributed by atoms with Crippen molar-refractivity contribution in [3.8, 4) is 0 Å². The molecule has 1 fully saturated rings. The van der Waals surface area contributed by atoms with E-state index in [4.69, 9.17) is 0 Å². The number of halogens is 1. The number of amides is 1. The molecule has 1 N–H and O–H groups in total. The summed E-state index contributed by atoms with van der Waals surface area (Å²) in [5, 5.41) is 3.78. The van der Waals surface area contributed by atoms with Gasteiger partial charge in [0.25, 0.3) is 5.91 Å². The zero-order chi connectivity index (χ0) is 17.7. The first-order valence-corrected chi connectivity index (χ1v) is 9.11. The number of nitrogens with one attached hydrogen (secondary N) is 1. The summed E-state index contributed by atoms with van der Waals surface area (Å²) in [7, 11) is 0. The highest BCUT2D eigenvalue weighted by atomic mass is 32.1. The molecule has 25 heavy (non-hydrogen) atoms. The lowest BCUT2D eigenvalue weighted by Crippen LogP contribution is -2.12. The summed E-state index contributed by atoms with van der Waals surface area (Å²) in [4.78, 5) is 23.5. The van der Waals surface area contributed by atoms with E-state index in [0.717, 1.165) is 45.7 Å². The average molecular weight is 355 g/mol. The van der Waals surface area contributed by atoms with Gasteiger partial charge in [-0.25, -0.2) is 14.4 Å². The largest absolute Gasteiger partial charge is 0.321 e. The number of hydrogen-bond donors (Lipinski definition) is 1. The molecule has 0 bridgehead atoms. The molecule has 0 atom stereocenters. The van der Waals surface area contributed by atoms with Crippen LogP contribution in [0.4, 0.5) is 10.1 Å². The van der Waals surface area contributed by atoms with Crippen LogP contribution in [0.3, 0.4) is 0 Å². The van der Waals surface area contributed by atoms with Gasteiger partial charge in [0.1, 0.15) is 16.5 Å². The number of carbonyl (C=O) groups excluding carboxylic acids is 1. The van der Waals surface area contributed by atoms with E-state index in [-0.39, 0.29) is 11.7 Å². The van der Waals surface area contributed by atoms with Crippen LogP contribution in [0.5, 0.6) is 0 Å². The molecule has 0 saturated heterocycles. The fraction of sp³-hybridized carbons (Fsp3) is 0.316. The SMILES string of the molecule is Cc1ccc(F)cc1NC(=O)c1sc2nc(C3CC3)nc(C)c2c1C. The third kappa shape index (κ3) is 2.91. The second-order valence-electron chi connectivity index (χ2n) is 6.59. The maximum absolute atomic E-state index is 13.5. The summed E-state index contributed by atoms with van der Waals surface area (Å²) >= 11 is 1.38. The monoisotopic (exact) mass is 355 g/mol. The molecule has 2 heterocycles. The van der Waals surface area contributed by atoms with Crippen molar-refractivity contribution in [1.29, 1.82) is 0 Å². The van der Waals surface area contributed by atoms with Gasteiger partial charge in [0.15, 0.2) is 0 Å². The minimum atomic E-state index is -0.371. The Bertz CT molecular complexity index is 1010. The molecule has 1 aromatic carbocycles. The molecule has 4 nitrogen and oxygen atoms in total. The Hall–Kier alpha value is -2.34. The molecule has 1 saturated carbocycles. The highest BCUT2D eigenvalue weighted by Gasteiger charge is 2.28. The van der Waals surface area contributed by atoms with Crippen LogP contribution in [0.2, 0.25) is 0 Å². The first-order chi connectivity index (χ1) is 11.9. The van der Waals surface area contributed by atoms with Gasteiger partial charge in [0.2, 0.25) is 0 Å². The third-order valence-electron chi connectivity index (χ3n) is 4.58. The van der Waals surface area contributed by atoms with Gasteiger partial charge in [-0.3, -0.25) is 4.79 Å². The maximum Gasteiger partial charge on any atom is 0.266 e. The van der Waals surface area contributed by atoms with Crippen LogP contribution in [-0.2, 0) is 0 Å². The summed E-state index contributed by atoms with van der Waals surface area (Å²) in [5.74, 6) is 0.753. The topological polar surface area (TPSA) is 54.9 Å². The van der Waals surface area contributed by atoms with Crippen molar-refractivity contribution in [2.75, 3.05) is 5.32 Å². The first kappa shape index (κ1) is 16.1. The van der Waals surface area contributed by atoms with Crippen molar-refractivity contribution in [1.82, 2.24) is 9.97 Å². The number of rotatable bonds is 3. The number of anilines is 1. The summed E-state index contributed by atoms with van der Waals surface area (Å²) in [6, 6.07) is 4.38. The molecule has 0 unspecified atom stereocenters.